The van der Waals surface area contributed by atoms with E-state index in [4.69, 9.17) is 21.1 Å². The number of nitrogens with zero attached hydrogens (tertiary/aromatic N) is 4. The summed E-state index contributed by atoms with van der Waals surface area (Å²) in [6.45, 7) is 6.59. The van der Waals surface area contributed by atoms with E-state index >= 15 is 0 Å². The number of benzene rings is 4. The Morgan fingerprint density at radius 1 is 0.978 bits per heavy atom. The van der Waals surface area contributed by atoms with Crippen LogP contribution in [0.1, 0.15) is 55.0 Å². The Hall–Kier alpha value is -5.01. The number of hydrogen-bond acceptors (Lipinski definition) is 6. The molecule has 228 valence electrons. The fourth-order valence-corrected chi connectivity index (χ4v) is 6.87. The van der Waals surface area contributed by atoms with Crippen LogP contribution < -0.4 is 9.47 Å². The molecule has 6 aromatic rings. The van der Waals surface area contributed by atoms with Gasteiger partial charge >= 0.3 is 0 Å². The van der Waals surface area contributed by atoms with Crippen LogP contribution in [0.2, 0.25) is 5.02 Å². The number of fused-ring (bicyclic) bond motifs is 3. The zero-order chi connectivity index (χ0) is 31.6. The third-order valence-electron chi connectivity index (χ3n) is 8.92. The standard InChI is InChI=1S/C38H31ClN4O3/c1-22-4-6-23(7-5-22)36-30-15-25-14-28(10-8-24(25)16-34(30)46-35-19-38(2,3)18-33(44)37(35)36)45-21-27-20-43(42-41-27)32-12-13-40-31-17-26(39)9-11-29(31)32/h4-17,20,36H,18-19,21H2,1-3H3. The highest BCUT2D eigenvalue weighted by Gasteiger charge is 2.42. The molecule has 0 N–H and O–H groups in total. The number of rotatable bonds is 5. The van der Waals surface area contributed by atoms with E-state index in [1.165, 1.54) is 5.56 Å². The van der Waals surface area contributed by atoms with Crippen LogP contribution in [0.3, 0.4) is 0 Å². The molecule has 3 heterocycles. The van der Waals surface area contributed by atoms with Crippen molar-refractivity contribution in [3.63, 3.8) is 0 Å². The molecule has 4 aromatic carbocycles. The van der Waals surface area contributed by atoms with Gasteiger partial charge in [-0.15, -0.1) is 5.10 Å². The molecule has 8 rings (SSSR count). The van der Waals surface area contributed by atoms with Gasteiger partial charge in [0.1, 0.15) is 29.6 Å². The van der Waals surface area contributed by atoms with Crippen LogP contribution in [0.5, 0.6) is 11.5 Å². The third kappa shape index (κ3) is 5.11. The van der Waals surface area contributed by atoms with E-state index in [-0.39, 0.29) is 23.7 Å². The van der Waals surface area contributed by atoms with Crippen molar-refractivity contribution in [2.75, 3.05) is 0 Å². The lowest BCUT2D eigenvalue weighted by Crippen LogP contribution is -2.32. The molecule has 1 unspecified atom stereocenters. The highest BCUT2D eigenvalue weighted by atomic mass is 35.5. The van der Waals surface area contributed by atoms with Crippen molar-refractivity contribution in [3.05, 3.63) is 130 Å². The molecule has 0 amide bonds. The van der Waals surface area contributed by atoms with Crippen LogP contribution in [0, 0.1) is 12.3 Å². The first-order valence-corrected chi connectivity index (χ1v) is 15.8. The van der Waals surface area contributed by atoms with Gasteiger partial charge in [0.15, 0.2) is 5.78 Å². The van der Waals surface area contributed by atoms with Crippen molar-refractivity contribution in [3.8, 4) is 17.2 Å². The fraction of sp³-hybridized carbons (Fsp3) is 0.211. The second-order valence-electron chi connectivity index (χ2n) is 13.1. The Balaban J connectivity index is 1.10. The molecule has 1 aliphatic heterocycles. The first-order valence-electron chi connectivity index (χ1n) is 15.4. The summed E-state index contributed by atoms with van der Waals surface area (Å²) >= 11 is 6.16. The van der Waals surface area contributed by atoms with Crippen molar-refractivity contribution in [1.29, 1.82) is 0 Å². The number of carbonyl (C=O) groups excluding carboxylic acids is 1. The third-order valence-corrected chi connectivity index (χ3v) is 9.15. The molecule has 0 fully saturated rings. The molecular weight excluding hydrogens is 596 g/mol. The van der Waals surface area contributed by atoms with Gasteiger partial charge in [0, 0.05) is 46.5 Å². The van der Waals surface area contributed by atoms with E-state index < -0.39 is 0 Å². The number of Topliss-reactive ketones (excluding diaryl/α,β-unsaturated/α-hetero) is 1. The maximum absolute atomic E-state index is 13.6. The van der Waals surface area contributed by atoms with E-state index in [1.807, 2.05) is 48.7 Å². The first kappa shape index (κ1) is 28.5. The molecule has 0 radical (unpaired) electrons. The summed E-state index contributed by atoms with van der Waals surface area (Å²) in [5, 5.41) is 12.3. The van der Waals surface area contributed by atoms with Crippen molar-refractivity contribution in [2.45, 2.75) is 46.1 Å². The maximum Gasteiger partial charge on any atom is 0.163 e. The van der Waals surface area contributed by atoms with E-state index in [9.17, 15) is 4.79 Å². The smallest absolute Gasteiger partial charge is 0.163 e. The molecule has 1 aliphatic carbocycles. The minimum absolute atomic E-state index is 0.139. The number of halogens is 1. The number of hydrogen-bond donors (Lipinski definition) is 0. The van der Waals surface area contributed by atoms with E-state index in [2.05, 4.69) is 72.5 Å². The van der Waals surface area contributed by atoms with E-state index in [1.54, 1.807) is 10.9 Å². The summed E-state index contributed by atoms with van der Waals surface area (Å²) in [6.07, 6.45) is 4.83. The molecule has 0 saturated heterocycles. The molecule has 0 bridgehead atoms. The lowest BCUT2D eigenvalue weighted by molar-refractivity contribution is -0.118. The second-order valence-corrected chi connectivity index (χ2v) is 13.5. The lowest BCUT2D eigenvalue weighted by atomic mass is 9.70. The van der Waals surface area contributed by atoms with Crippen molar-refractivity contribution in [2.24, 2.45) is 5.41 Å². The monoisotopic (exact) mass is 626 g/mol. The fourth-order valence-electron chi connectivity index (χ4n) is 6.71. The number of aryl methyl sites for hydroxylation is 1. The molecular formula is C38H31ClN4O3. The highest BCUT2D eigenvalue weighted by molar-refractivity contribution is 6.31. The average Bonchev–Trinajstić information content (AvgIpc) is 3.50. The van der Waals surface area contributed by atoms with Crippen molar-refractivity contribution < 1.29 is 14.3 Å². The number of aromatic nitrogens is 4. The van der Waals surface area contributed by atoms with Gasteiger partial charge in [0.05, 0.1) is 17.4 Å². The van der Waals surface area contributed by atoms with Gasteiger partial charge in [-0.3, -0.25) is 9.78 Å². The molecule has 1 atom stereocenters. The Kier molecular flexibility index (Phi) is 6.69. The lowest BCUT2D eigenvalue weighted by Gasteiger charge is -2.38. The predicted octanol–water partition coefficient (Wildman–Crippen LogP) is 8.68. The summed E-state index contributed by atoms with van der Waals surface area (Å²) < 4.78 is 14.5. The molecule has 2 aromatic heterocycles. The Labute approximate surface area is 271 Å². The largest absolute Gasteiger partial charge is 0.487 e. The van der Waals surface area contributed by atoms with Gasteiger partial charge in [0.25, 0.3) is 0 Å². The van der Waals surface area contributed by atoms with Crippen molar-refractivity contribution in [1.82, 2.24) is 20.0 Å². The molecule has 0 spiro atoms. The van der Waals surface area contributed by atoms with Crippen LogP contribution in [-0.2, 0) is 11.4 Å². The molecule has 8 heteroatoms. The first-order chi connectivity index (χ1) is 22.2. The van der Waals surface area contributed by atoms with E-state index in [0.717, 1.165) is 62.0 Å². The van der Waals surface area contributed by atoms with Crippen LogP contribution in [0.25, 0.3) is 27.4 Å². The zero-order valence-electron chi connectivity index (χ0n) is 25.8. The van der Waals surface area contributed by atoms with Crippen LogP contribution in [0.15, 0.2) is 103 Å². The van der Waals surface area contributed by atoms with E-state index in [0.29, 0.717) is 22.9 Å². The minimum atomic E-state index is -0.188. The van der Waals surface area contributed by atoms with Gasteiger partial charge in [0.2, 0.25) is 0 Å². The Morgan fingerprint density at radius 3 is 2.67 bits per heavy atom. The van der Waals surface area contributed by atoms with Crippen LogP contribution >= 0.6 is 11.6 Å². The predicted molar refractivity (Wildman–Crippen MR) is 179 cm³/mol. The van der Waals surface area contributed by atoms with Crippen LogP contribution in [0.4, 0.5) is 0 Å². The van der Waals surface area contributed by atoms with Crippen LogP contribution in [-0.4, -0.2) is 25.8 Å². The molecule has 0 saturated carbocycles. The van der Waals surface area contributed by atoms with Crippen molar-refractivity contribution >= 4 is 39.1 Å². The normalized spacial score (nSPS) is 17.1. The topological polar surface area (TPSA) is 79.1 Å². The summed E-state index contributed by atoms with van der Waals surface area (Å²) in [5.74, 6) is 2.29. The number of pyridine rings is 1. The number of ether oxygens (including phenoxy) is 2. The van der Waals surface area contributed by atoms with Gasteiger partial charge in [-0.1, -0.05) is 66.6 Å². The minimum Gasteiger partial charge on any atom is -0.487 e. The van der Waals surface area contributed by atoms with Gasteiger partial charge < -0.3 is 9.47 Å². The highest BCUT2D eigenvalue weighted by Crippen LogP contribution is 2.51. The summed E-state index contributed by atoms with van der Waals surface area (Å²) in [5.41, 5.74) is 6.26. The quantitative estimate of drug-likeness (QED) is 0.190. The van der Waals surface area contributed by atoms with Gasteiger partial charge in [-0.2, -0.15) is 0 Å². The number of ketones is 1. The molecule has 46 heavy (non-hydrogen) atoms. The summed E-state index contributed by atoms with van der Waals surface area (Å²) in [6, 6.07) is 26.2. The summed E-state index contributed by atoms with van der Waals surface area (Å²) in [4.78, 5) is 18.1. The Bertz CT molecular complexity index is 2220. The summed E-state index contributed by atoms with van der Waals surface area (Å²) in [7, 11) is 0. The van der Waals surface area contributed by atoms with Gasteiger partial charge in [-0.05, 0) is 77.2 Å². The zero-order valence-corrected chi connectivity index (χ0v) is 26.5. The molecule has 7 nitrogen and oxygen atoms in total. The SMILES string of the molecule is Cc1ccc(C2C3=C(CC(C)(C)CC3=O)Oc3cc4ccc(OCc5cn(-c6ccnc7cc(Cl)ccc67)nn5)cc4cc32)cc1. The Morgan fingerprint density at radius 2 is 1.83 bits per heavy atom. The van der Waals surface area contributed by atoms with Gasteiger partial charge in [-0.25, -0.2) is 4.68 Å². The second kappa shape index (κ2) is 10.8. The average molecular weight is 627 g/mol. The number of allylic oxidation sites excluding steroid dienone is 2. The number of carbonyl (C=O) groups is 1. The molecule has 2 aliphatic rings. The maximum atomic E-state index is 13.6.